The first-order valence-electron chi connectivity index (χ1n) is 8.19. The van der Waals surface area contributed by atoms with Crippen molar-refractivity contribution in [3.63, 3.8) is 0 Å². The molecule has 1 aliphatic carbocycles. The van der Waals surface area contributed by atoms with Crippen LogP contribution < -0.4 is 4.90 Å². The average molecular weight is 301 g/mol. The predicted molar refractivity (Wildman–Crippen MR) is 84.6 cm³/mol. The number of methoxy groups -OCH3 is 1. The van der Waals surface area contributed by atoms with E-state index in [-0.39, 0.29) is 17.8 Å². The third kappa shape index (κ3) is 2.74. The highest BCUT2D eigenvalue weighted by Crippen LogP contribution is 2.35. The minimum atomic E-state index is -0.640. The van der Waals surface area contributed by atoms with Gasteiger partial charge in [-0.25, -0.2) is 0 Å². The van der Waals surface area contributed by atoms with Crippen LogP contribution in [0.1, 0.15) is 37.7 Å². The van der Waals surface area contributed by atoms with Crippen molar-refractivity contribution in [2.45, 2.75) is 38.5 Å². The zero-order valence-electron chi connectivity index (χ0n) is 13.1. The lowest BCUT2D eigenvalue weighted by molar-refractivity contribution is -0.151. The Balaban J connectivity index is 1.89. The molecular weight excluding hydrogens is 278 g/mol. The normalized spacial score (nSPS) is 19.6. The number of nitrogens with zero attached hydrogens (tertiary/aromatic N) is 1. The van der Waals surface area contributed by atoms with Crippen molar-refractivity contribution >= 4 is 17.6 Å². The molecule has 1 aromatic rings. The summed E-state index contributed by atoms with van der Waals surface area (Å²) >= 11 is 0. The van der Waals surface area contributed by atoms with Crippen molar-refractivity contribution < 1.29 is 14.3 Å². The number of fused-ring (bicyclic) bond motifs is 1. The smallest absolute Gasteiger partial charge is 0.318 e. The van der Waals surface area contributed by atoms with E-state index < -0.39 is 5.92 Å². The van der Waals surface area contributed by atoms with Crippen LogP contribution in [0.4, 0.5) is 5.69 Å². The fourth-order valence-electron chi connectivity index (χ4n) is 3.84. The SMILES string of the molecule is COC(=O)[C@H](C(=O)N1CCCc2ccccc21)C1CCCC1. The Bertz CT molecular complexity index is 563. The van der Waals surface area contributed by atoms with E-state index >= 15 is 0 Å². The van der Waals surface area contributed by atoms with E-state index in [0.29, 0.717) is 6.54 Å². The molecule has 0 aromatic heterocycles. The molecule has 22 heavy (non-hydrogen) atoms. The summed E-state index contributed by atoms with van der Waals surface area (Å²) in [6.45, 7) is 0.691. The second-order valence-electron chi connectivity index (χ2n) is 6.27. The minimum absolute atomic E-state index is 0.0779. The number of carbonyl (C=O) groups excluding carboxylic acids is 2. The number of amides is 1. The second-order valence-corrected chi connectivity index (χ2v) is 6.27. The standard InChI is InChI=1S/C18H23NO3/c1-22-18(21)16(14-8-2-3-9-14)17(20)19-12-6-10-13-7-4-5-11-15(13)19/h4-5,7,11,14,16H,2-3,6,8-10,12H2,1H3/t16-/m0/s1. The quantitative estimate of drug-likeness (QED) is 0.637. The van der Waals surface area contributed by atoms with Gasteiger partial charge >= 0.3 is 5.97 Å². The molecule has 1 saturated carbocycles. The maximum Gasteiger partial charge on any atom is 0.318 e. The number of aryl methyl sites for hydroxylation is 1. The Hall–Kier alpha value is -1.84. The number of anilines is 1. The number of hydrogen-bond donors (Lipinski definition) is 0. The molecule has 3 rings (SSSR count). The van der Waals surface area contributed by atoms with Gasteiger partial charge in [-0.1, -0.05) is 31.0 Å². The topological polar surface area (TPSA) is 46.6 Å². The molecule has 2 aliphatic rings. The van der Waals surface area contributed by atoms with Gasteiger partial charge < -0.3 is 9.64 Å². The zero-order chi connectivity index (χ0) is 15.5. The van der Waals surface area contributed by atoms with E-state index in [9.17, 15) is 9.59 Å². The maximum atomic E-state index is 13.1. The first-order valence-corrected chi connectivity index (χ1v) is 8.19. The first-order chi connectivity index (χ1) is 10.7. The Morgan fingerprint density at radius 3 is 2.64 bits per heavy atom. The number of carbonyl (C=O) groups is 2. The van der Waals surface area contributed by atoms with Crippen molar-refractivity contribution in [2.24, 2.45) is 11.8 Å². The van der Waals surface area contributed by atoms with Gasteiger partial charge in [0.15, 0.2) is 0 Å². The lowest BCUT2D eigenvalue weighted by atomic mass is 9.88. The van der Waals surface area contributed by atoms with Crippen molar-refractivity contribution in [1.29, 1.82) is 0 Å². The molecule has 1 atom stereocenters. The molecule has 1 amide bonds. The molecule has 1 fully saturated rings. The van der Waals surface area contributed by atoms with Crippen LogP contribution in [0.25, 0.3) is 0 Å². The molecule has 4 nitrogen and oxygen atoms in total. The van der Waals surface area contributed by atoms with Gasteiger partial charge in [0, 0.05) is 12.2 Å². The average Bonchev–Trinajstić information content (AvgIpc) is 3.08. The summed E-state index contributed by atoms with van der Waals surface area (Å²) in [6.07, 6.45) is 6.03. The highest BCUT2D eigenvalue weighted by Gasteiger charge is 2.40. The van der Waals surface area contributed by atoms with Crippen molar-refractivity contribution in [3.05, 3.63) is 29.8 Å². The molecule has 0 radical (unpaired) electrons. The van der Waals surface area contributed by atoms with Crippen LogP contribution in [0.5, 0.6) is 0 Å². The number of para-hydroxylation sites is 1. The number of ether oxygens (including phenoxy) is 1. The van der Waals surface area contributed by atoms with E-state index in [1.165, 1.54) is 12.7 Å². The molecular formula is C18H23NO3. The predicted octanol–water partition coefficient (Wildman–Crippen LogP) is 2.95. The fourth-order valence-corrected chi connectivity index (χ4v) is 3.84. The Morgan fingerprint density at radius 2 is 1.91 bits per heavy atom. The highest BCUT2D eigenvalue weighted by atomic mass is 16.5. The third-order valence-corrected chi connectivity index (χ3v) is 4.97. The summed E-state index contributed by atoms with van der Waals surface area (Å²) < 4.78 is 4.94. The summed E-state index contributed by atoms with van der Waals surface area (Å²) in [5.74, 6) is -0.960. The molecule has 0 unspecified atom stereocenters. The van der Waals surface area contributed by atoms with Crippen LogP contribution >= 0.6 is 0 Å². The molecule has 0 spiro atoms. The van der Waals surface area contributed by atoms with Crippen LogP contribution in [0, 0.1) is 11.8 Å². The first kappa shape index (κ1) is 15.1. The van der Waals surface area contributed by atoms with Gasteiger partial charge in [0.25, 0.3) is 0 Å². The molecule has 0 saturated heterocycles. The second kappa shape index (κ2) is 6.51. The number of rotatable bonds is 3. The molecule has 4 heteroatoms. The van der Waals surface area contributed by atoms with Gasteiger partial charge in [0.2, 0.25) is 5.91 Å². The molecule has 1 aromatic carbocycles. The maximum absolute atomic E-state index is 13.1. The van der Waals surface area contributed by atoms with Crippen LogP contribution in [0.3, 0.4) is 0 Å². The van der Waals surface area contributed by atoms with Crippen LogP contribution in [0.2, 0.25) is 0 Å². The molecule has 1 heterocycles. The summed E-state index contributed by atoms with van der Waals surface area (Å²) in [6, 6.07) is 8.00. The van der Waals surface area contributed by atoms with Gasteiger partial charge in [-0.3, -0.25) is 9.59 Å². The van der Waals surface area contributed by atoms with Crippen LogP contribution in [-0.4, -0.2) is 25.5 Å². The van der Waals surface area contributed by atoms with Crippen molar-refractivity contribution in [3.8, 4) is 0 Å². The van der Waals surface area contributed by atoms with E-state index in [1.54, 1.807) is 4.90 Å². The number of benzene rings is 1. The Labute approximate surface area is 131 Å². The minimum Gasteiger partial charge on any atom is -0.468 e. The zero-order valence-corrected chi connectivity index (χ0v) is 13.1. The Kier molecular flexibility index (Phi) is 4.46. The lowest BCUT2D eigenvalue weighted by Crippen LogP contribution is -2.45. The largest absolute Gasteiger partial charge is 0.468 e. The van der Waals surface area contributed by atoms with E-state index in [1.807, 2.05) is 18.2 Å². The monoisotopic (exact) mass is 301 g/mol. The van der Waals surface area contributed by atoms with Crippen LogP contribution in [0.15, 0.2) is 24.3 Å². The van der Waals surface area contributed by atoms with Gasteiger partial charge in [0.1, 0.15) is 5.92 Å². The van der Waals surface area contributed by atoms with Gasteiger partial charge in [-0.2, -0.15) is 0 Å². The number of esters is 1. The van der Waals surface area contributed by atoms with Gasteiger partial charge in [0.05, 0.1) is 7.11 Å². The number of hydrogen-bond acceptors (Lipinski definition) is 3. The lowest BCUT2D eigenvalue weighted by Gasteiger charge is -2.33. The summed E-state index contributed by atoms with van der Waals surface area (Å²) in [5.41, 5.74) is 2.16. The summed E-state index contributed by atoms with van der Waals surface area (Å²) in [4.78, 5) is 27.1. The molecule has 1 aliphatic heterocycles. The fraction of sp³-hybridized carbons (Fsp3) is 0.556. The van der Waals surface area contributed by atoms with Crippen molar-refractivity contribution in [2.75, 3.05) is 18.6 Å². The third-order valence-electron chi connectivity index (χ3n) is 4.97. The summed E-state index contributed by atoms with van der Waals surface area (Å²) in [7, 11) is 1.38. The Morgan fingerprint density at radius 1 is 1.18 bits per heavy atom. The molecule has 0 bridgehead atoms. The van der Waals surface area contributed by atoms with E-state index in [4.69, 9.17) is 4.74 Å². The molecule has 0 N–H and O–H groups in total. The van der Waals surface area contributed by atoms with E-state index in [2.05, 4.69) is 6.07 Å². The van der Waals surface area contributed by atoms with Crippen molar-refractivity contribution in [1.82, 2.24) is 0 Å². The van der Waals surface area contributed by atoms with Gasteiger partial charge in [-0.05, 0) is 43.2 Å². The molecule has 118 valence electrons. The van der Waals surface area contributed by atoms with Gasteiger partial charge in [-0.15, -0.1) is 0 Å². The highest BCUT2D eigenvalue weighted by molar-refractivity contribution is 6.07. The summed E-state index contributed by atoms with van der Waals surface area (Å²) in [5, 5.41) is 0. The van der Waals surface area contributed by atoms with E-state index in [0.717, 1.165) is 44.2 Å². The van der Waals surface area contributed by atoms with Crippen LogP contribution in [-0.2, 0) is 20.7 Å².